The van der Waals surface area contributed by atoms with E-state index in [9.17, 15) is 22.4 Å². The minimum Gasteiger partial charge on any atom is -0.323 e. The lowest BCUT2D eigenvalue weighted by Crippen LogP contribution is -2.22. The first kappa shape index (κ1) is 28.3. The molecule has 0 heterocycles. The van der Waals surface area contributed by atoms with Crippen LogP contribution in [-0.4, -0.2) is 29.5 Å². The average molecular weight is 451 g/mol. The first-order chi connectivity index (χ1) is 13.4. The van der Waals surface area contributed by atoms with Crippen molar-refractivity contribution < 1.29 is 27.0 Å². The van der Waals surface area contributed by atoms with Crippen molar-refractivity contribution >= 4 is 17.7 Å². The van der Waals surface area contributed by atoms with Gasteiger partial charge >= 0.3 is 7.60 Å². The summed E-state index contributed by atoms with van der Waals surface area (Å²) in [5.74, 6) is 0. The van der Waals surface area contributed by atoms with E-state index in [0.29, 0.717) is 12.8 Å². The first-order valence-corrected chi connectivity index (χ1v) is 13.5. The fraction of sp³-hybridized carbons (Fsp3) is 0.714. The minimum absolute atomic E-state index is 0.0970. The topological polar surface area (TPSA) is 101 Å². The Morgan fingerprint density at radius 3 is 1.90 bits per heavy atom. The highest BCUT2D eigenvalue weighted by Gasteiger charge is 2.41. The van der Waals surface area contributed by atoms with Gasteiger partial charge in [0.05, 0.1) is 6.61 Å². The van der Waals surface area contributed by atoms with Gasteiger partial charge in [-0.2, -0.15) is 8.42 Å². The summed E-state index contributed by atoms with van der Waals surface area (Å²) in [5.41, 5.74) is 3.99. The van der Waals surface area contributed by atoms with Gasteiger partial charge in [0.25, 0.3) is 10.1 Å². The van der Waals surface area contributed by atoms with E-state index in [1.54, 1.807) is 0 Å². The molecule has 8 heteroatoms. The summed E-state index contributed by atoms with van der Waals surface area (Å²) >= 11 is 0. The second-order valence-electron chi connectivity index (χ2n) is 7.46. The van der Waals surface area contributed by atoms with Gasteiger partial charge in [-0.3, -0.25) is 9.12 Å². The highest BCUT2D eigenvalue weighted by atomic mass is 32.2. The van der Waals surface area contributed by atoms with E-state index in [0.717, 1.165) is 32.1 Å². The van der Waals surface area contributed by atoms with Gasteiger partial charge in [0, 0.05) is 0 Å². The third-order valence-electron chi connectivity index (χ3n) is 4.79. The Hall–Kier alpha value is -0.720. The Bertz CT molecular complexity index is 721. The molecule has 0 aliphatic heterocycles. The molecular formula is C21H39O6PS. The molecule has 0 radical (unpaired) electrons. The van der Waals surface area contributed by atoms with Crippen molar-refractivity contribution in [3.8, 4) is 0 Å². The largest absolute Gasteiger partial charge is 0.348 e. The molecule has 0 aromatic carbocycles. The van der Waals surface area contributed by atoms with Crippen LogP contribution in [-0.2, 0) is 19.2 Å². The van der Waals surface area contributed by atoms with Crippen molar-refractivity contribution in [2.75, 3.05) is 6.61 Å². The van der Waals surface area contributed by atoms with Crippen LogP contribution in [0.5, 0.6) is 0 Å². The molecule has 6 nitrogen and oxygen atoms in total. The molecule has 0 aromatic heterocycles. The van der Waals surface area contributed by atoms with Gasteiger partial charge in [0.1, 0.15) is 0 Å². The van der Waals surface area contributed by atoms with E-state index in [-0.39, 0.29) is 13.0 Å². The van der Waals surface area contributed by atoms with E-state index >= 15 is 0 Å². The summed E-state index contributed by atoms with van der Waals surface area (Å²) in [6, 6.07) is 0. The molecule has 170 valence electrons. The number of hydrogen-bond acceptors (Lipinski definition) is 4. The van der Waals surface area contributed by atoms with Gasteiger partial charge < -0.3 is 9.42 Å². The van der Waals surface area contributed by atoms with Gasteiger partial charge in [-0.15, -0.1) is 0 Å². The molecule has 0 bridgehead atoms. The number of hydrogen-bond donors (Lipinski definition) is 2. The number of allylic oxidation sites excluding steroid dienone is 6. The Morgan fingerprint density at radius 1 is 0.966 bits per heavy atom. The quantitative estimate of drug-likeness (QED) is 0.129. The Morgan fingerprint density at radius 2 is 1.45 bits per heavy atom. The smallest absolute Gasteiger partial charge is 0.323 e. The lowest BCUT2D eigenvalue weighted by Gasteiger charge is -2.19. The maximum Gasteiger partial charge on any atom is 0.348 e. The van der Waals surface area contributed by atoms with E-state index in [1.165, 1.54) is 23.6 Å². The molecule has 2 N–H and O–H groups in total. The fourth-order valence-corrected chi connectivity index (χ4v) is 5.87. The van der Waals surface area contributed by atoms with Crippen molar-refractivity contribution in [2.24, 2.45) is 0 Å². The maximum absolute atomic E-state index is 12.0. The number of unbranched alkanes of at least 4 members (excludes halogenated alkanes) is 1. The molecule has 0 rings (SSSR count). The summed E-state index contributed by atoms with van der Waals surface area (Å²) in [5, 5.41) is 0. The van der Waals surface area contributed by atoms with Crippen molar-refractivity contribution in [3.63, 3.8) is 0 Å². The van der Waals surface area contributed by atoms with Crippen LogP contribution >= 0.6 is 7.60 Å². The summed E-state index contributed by atoms with van der Waals surface area (Å²) in [6.45, 7) is 9.88. The van der Waals surface area contributed by atoms with E-state index in [2.05, 4.69) is 37.4 Å². The first-order valence-electron chi connectivity index (χ1n) is 10.3. The molecule has 0 saturated heterocycles. The highest BCUT2D eigenvalue weighted by molar-refractivity contribution is 7.93. The monoisotopic (exact) mass is 450 g/mol. The van der Waals surface area contributed by atoms with Crippen LogP contribution in [0.15, 0.2) is 34.9 Å². The molecule has 2 atom stereocenters. The van der Waals surface area contributed by atoms with E-state index < -0.39 is 22.7 Å². The SMILES string of the molecule is CCOP(=O)(O)C(CCC/C=C(\C)CC/C=C(\C)CC/C=C(\C)CC)S(=O)(=O)O. The summed E-state index contributed by atoms with van der Waals surface area (Å²) < 4.78 is 48.8. The normalized spacial score (nSPS) is 17.3. The van der Waals surface area contributed by atoms with Gasteiger partial charge in [-0.25, -0.2) is 0 Å². The molecular weight excluding hydrogens is 411 g/mol. The molecule has 0 saturated carbocycles. The molecule has 0 spiro atoms. The zero-order chi connectivity index (χ0) is 22.5. The molecule has 29 heavy (non-hydrogen) atoms. The molecule has 0 aliphatic carbocycles. The molecule has 0 fully saturated rings. The van der Waals surface area contributed by atoms with Crippen LogP contribution < -0.4 is 0 Å². The standard InChI is InChI=1S/C21H39O6PS/c1-6-18(3)13-10-14-20(5)16-11-15-19(4)12-8-9-17-21(29(24,25)26)28(22,23)27-7-2/h12-13,16,21H,6-11,14-15,17H2,1-5H3,(H,22,23)(H,24,25,26)/b18-13+,19-12+,20-16+. The summed E-state index contributed by atoms with van der Waals surface area (Å²) in [7, 11) is -9.06. The van der Waals surface area contributed by atoms with Crippen molar-refractivity contribution in [3.05, 3.63) is 34.9 Å². The van der Waals surface area contributed by atoms with Crippen LogP contribution in [0.3, 0.4) is 0 Å². The predicted molar refractivity (Wildman–Crippen MR) is 121 cm³/mol. The Balaban J connectivity index is 4.45. The second kappa shape index (κ2) is 14.3. The molecule has 0 amide bonds. The summed E-state index contributed by atoms with van der Waals surface area (Å²) in [6.07, 6.45) is 12.5. The maximum atomic E-state index is 12.0. The van der Waals surface area contributed by atoms with Gasteiger partial charge in [0.2, 0.25) is 0 Å². The van der Waals surface area contributed by atoms with Crippen molar-refractivity contribution in [2.45, 2.75) is 91.0 Å². The summed E-state index contributed by atoms with van der Waals surface area (Å²) in [4.78, 5) is 7.97. The van der Waals surface area contributed by atoms with Crippen molar-refractivity contribution in [1.29, 1.82) is 0 Å². The lowest BCUT2D eigenvalue weighted by molar-refractivity contribution is 0.268. The van der Waals surface area contributed by atoms with Crippen LogP contribution in [0.25, 0.3) is 0 Å². The van der Waals surface area contributed by atoms with Gasteiger partial charge in [0.15, 0.2) is 4.99 Å². The van der Waals surface area contributed by atoms with Gasteiger partial charge in [-0.05, 0) is 79.1 Å². The zero-order valence-corrected chi connectivity index (χ0v) is 20.3. The van der Waals surface area contributed by atoms with Crippen LogP contribution in [0.4, 0.5) is 0 Å². The highest BCUT2D eigenvalue weighted by Crippen LogP contribution is 2.51. The minimum atomic E-state index is -4.65. The predicted octanol–water partition coefficient (Wildman–Crippen LogP) is 6.40. The van der Waals surface area contributed by atoms with Crippen molar-refractivity contribution in [1.82, 2.24) is 0 Å². The fourth-order valence-electron chi connectivity index (χ4n) is 2.83. The Kier molecular flexibility index (Phi) is 14.0. The average Bonchev–Trinajstić information content (AvgIpc) is 2.59. The Labute approximate surface area is 177 Å². The van der Waals surface area contributed by atoms with Crippen LogP contribution in [0.2, 0.25) is 0 Å². The lowest BCUT2D eigenvalue weighted by atomic mass is 10.0. The van der Waals surface area contributed by atoms with Gasteiger partial charge in [-0.1, -0.05) is 41.9 Å². The van der Waals surface area contributed by atoms with E-state index in [4.69, 9.17) is 0 Å². The zero-order valence-electron chi connectivity index (χ0n) is 18.6. The van der Waals surface area contributed by atoms with Crippen LogP contribution in [0.1, 0.15) is 86.0 Å². The molecule has 0 aliphatic rings. The van der Waals surface area contributed by atoms with E-state index in [1.807, 2.05) is 13.0 Å². The molecule has 0 aromatic rings. The second-order valence-corrected chi connectivity index (χ2v) is 11.4. The molecule has 2 unspecified atom stereocenters. The number of rotatable bonds is 15. The third kappa shape index (κ3) is 13.2. The third-order valence-corrected chi connectivity index (χ3v) is 8.93. The van der Waals surface area contributed by atoms with Crippen LogP contribution in [0, 0.1) is 0 Å².